The fourth-order valence-electron chi connectivity index (χ4n) is 2.14. The molecule has 0 radical (unpaired) electrons. The predicted molar refractivity (Wildman–Crippen MR) is 85.6 cm³/mol. The number of nitrogens with zero attached hydrogens (tertiary/aromatic N) is 1. The van der Waals surface area contributed by atoms with Crippen LogP contribution in [0.25, 0.3) is 0 Å². The Labute approximate surface area is 131 Å². The summed E-state index contributed by atoms with van der Waals surface area (Å²) in [5.74, 6) is -0.265. The van der Waals surface area contributed by atoms with Gasteiger partial charge in [-0.15, -0.1) is 0 Å². The summed E-state index contributed by atoms with van der Waals surface area (Å²) in [6.45, 7) is 5.97. The van der Waals surface area contributed by atoms with E-state index in [1.54, 1.807) is 12.3 Å². The van der Waals surface area contributed by atoms with Crippen molar-refractivity contribution >= 4 is 39.1 Å². The fraction of sp³-hybridized carbons (Fsp3) is 0.200. The van der Waals surface area contributed by atoms with E-state index in [0.717, 1.165) is 16.8 Å². The average molecular weight is 354 g/mol. The van der Waals surface area contributed by atoms with Gasteiger partial charge in [0.15, 0.2) is 0 Å². The summed E-state index contributed by atoms with van der Waals surface area (Å²) in [7, 11) is 0. The molecule has 1 aromatic heterocycles. The first kappa shape index (κ1) is 15.0. The largest absolute Gasteiger partial charge is 0.321 e. The summed E-state index contributed by atoms with van der Waals surface area (Å²) in [4.78, 5) is 16.3. The molecule has 5 heteroatoms. The topological polar surface area (TPSA) is 42.0 Å². The van der Waals surface area contributed by atoms with E-state index in [1.165, 1.54) is 5.56 Å². The van der Waals surface area contributed by atoms with Gasteiger partial charge in [-0.2, -0.15) is 0 Å². The molecule has 2 aromatic rings. The summed E-state index contributed by atoms with van der Waals surface area (Å²) in [6.07, 6.45) is 1.56. The van der Waals surface area contributed by atoms with Crippen LogP contribution in [0.5, 0.6) is 0 Å². The molecule has 1 amide bonds. The molecule has 104 valence electrons. The van der Waals surface area contributed by atoms with Crippen molar-refractivity contribution in [3.05, 3.63) is 56.3 Å². The Kier molecular flexibility index (Phi) is 4.45. The lowest BCUT2D eigenvalue weighted by atomic mass is 10.0. The number of carbonyl (C=O) groups is 1. The predicted octanol–water partition coefficient (Wildman–Crippen LogP) is 4.68. The fourth-order valence-corrected chi connectivity index (χ4v) is 2.66. The quantitative estimate of drug-likeness (QED) is 0.797. The SMILES string of the molecule is Cc1cc(C)c(NC(=O)c2cc(Br)cnc2Cl)c(C)c1. The van der Waals surface area contributed by atoms with E-state index in [4.69, 9.17) is 11.6 Å². The number of nitrogens with one attached hydrogen (secondary N) is 1. The minimum absolute atomic E-state index is 0.188. The van der Waals surface area contributed by atoms with Crippen molar-refractivity contribution in [2.45, 2.75) is 20.8 Å². The van der Waals surface area contributed by atoms with E-state index in [9.17, 15) is 4.79 Å². The van der Waals surface area contributed by atoms with Crippen LogP contribution in [-0.2, 0) is 0 Å². The third-order valence-corrected chi connectivity index (χ3v) is 3.70. The van der Waals surface area contributed by atoms with Crippen molar-refractivity contribution in [2.75, 3.05) is 5.32 Å². The highest BCUT2D eigenvalue weighted by Crippen LogP contribution is 2.24. The van der Waals surface area contributed by atoms with Gasteiger partial charge < -0.3 is 5.32 Å². The first-order valence-electron chi connectivity index (χ1n) is 6.08. The Morgan fingerprint density at radius 2 is 1.80 bits per heavy atom. The molecular weight excluding hydrogens is 340 g/mol. The van der Waals surface area contributed by atoms with E-state index in [2.05, 4.69) is 26.2 Å². The van der Waals surface area contributed by atoms with Crippen LogP contribution in [0, 0.1) is 20.8 Å². The van der Waals surface area contributed by atoms with Crippen LogP contribution in [0.4, 0.5) is 5.69 Å². The van der Waals surface area contributed by atoms with E-state index >= 15 is 0 Å². The van der Waals surface area contributed by atoms with E-state index < -0.39 is 0 Å². The molecule has 3 nitrogen and oxygen atoms in total. The molecular formula is C15H14BrClN2O. The van der Waals surface area contributed by atoms with Gasteiger partial charge in [0, 0.05) is 16.4 Å². The molecule has 0 unspecified atom stereocenters. The summed E-state index contributed by atoms with van der Waals surface area (Å²) < 4.78 is 0.712. The molecule has 0 atom stereocenters. The Morgan fingerprint density at radius 3 is 2.40 bits per heavy atom. The monoisotopic (exact) mass is 352 g/mol. The van der Waals surface area contributed by atoms with Gasteiger partial charge in [-0.3, -0.25) is 4.79 Å². The minimum atomic E-state index is -0.265. The van der Waals surface area contributed by atoms with E-state index in [0.29, 0.717) is 10.0 Å². The highest BCUT2D eigenvalue weighted by Gasteiger charge is 2.14. The van der Waals surface area contributed by atoms with Crippen molar-refractivity contribution in [3.8, 4) is 0 Å². The number of rotatable bonds is 2. The van der Waals surface area contributed by atoms with Crippen LogP contribution < -0.4 is 5.32 Å². The second-order valence-electron chi connectivity index (χ2n) is 4.72. The lowest BCUT2D eigenvalue weighted by molar-refractivity contribution is 0.102. The molecule has 20 heavy (non-hydrogen) atoms. The molecule has 1 heterocycles. The summed E-state index contributed by atoms with van der Waals surface area (Å²) in [5.41, 5.74) is 4.38. The van der Waals surface area contributed by atoms with Crippen LogP contribution in [-0.4, -0.2) is 10.9 Å². The molecule has 0 spiro atoms. The van der Waals surface area contributed by atoms with Gasteiger partial charge in [-0.25, -0.2) is 4.98 Å². The first-order chi connectivity index (χ1) is 9.38. The molecule has 0 bridgehead atoms. The van der Waals surface area contributed by atoms with Crippen LogP contribution >= 0.6 is 27.5 Å². The highest BCUT2D eigenvalue weighted by atomic mass is 79.9. The van der Waals surface area contributed by atoms with Crippen LogP contribution in [0.1, 0.15) is 27.0 Å². The second-order valence-corrected chi connectivity index (χ2v) is 5.99. The van der Waals surface area contributed by atoms with Crippen molar-refractivity contribution in [3.63, 3.8) is 0 Å². The van der Waals surface area contributed by atoms with Crippen molar-refractivity contribution in [1.29, 1.82) is 0 Å². The lowest BCUT2D eigenvalue weighted by Gasteiger charge is -2.13. The zero-order valence-corrected chi connectivity index (χ0v) is 13.8. The number of hydrogen-bond acceptors (Lipinski definition) is 2. The molecule has 0 saturated carbocycles. The molecule has 1 aromatic carbocycles. The van der Waals surface area contributed by atoms with Gasteiger partial charge in [0.2, 0.25) is 0 Å². The van der Waals surface area contributed by atoms with Gasteiger partial charge in [-0.05, 0) is 53.9 Å². The van der Waals surface area contributed by atoms with Crippen molar-refractivity contribution in [1.82, 2.24) is 4.98 Å². The normalized spacial score (nSPS) is 10.4. The zero-order valence-electron chi connectivity index (χ0n) is 11.4. The Morgan fingerprint density at radius 1 is 1.20 bits per heavy atom. The third kappa shape index (κ3) is 3.19. The van der Waals surface area contributed by atoms with Gasteiger partial charge >= 0.3 is 0 Å². The van der Waals surface area contributed by atoms with Crippen molar-refractivity contribution < 1.29 is 4.79 Å². The summed E-state index contributed by atoms with van der Waals surface area (Å²) in [6, 6.07) is 5.72. The molecule has 0 fully saturated rings. The number of halogens is 2. The van der Waals surface area contributed by atoms with Gasteiger partial charge in [0.05, 0.1) is 5.56 Å². The highest BCUT2D eigenvalue weighted by molar-refractivity contribution is 9.10. The van der Waals surface area contributed by atoms with Gasteiger partial charge in [0.1, 0.15) is 5.15 Å². The minimum Gasteiger partial charge on any atom is -0.321 e. The van der Waals surface area contributed by atoms with E-state index in [1.807, 2.05) is 32.9 Å². The number of aryl methyl sites for hydroxylation is 3. The zero-order chi connectivity index (χ0) is 14.9. The molecule has 0 aliphatic heterocycles. The summed E-state index contributed by atoms with van der Waals surface area (Å²) >= 11 is 9.26. The Bertz CT molecular complexity index is 663. The average Bonchev–Trinajstić information content (AvgIpc) is 2.36. The van der Waals surface area contributed by atoms with E-state index in [-0.39, 0.29) is 11.1 Å². The number of carbonyl (C=O) groups excluding carboxylic acids is 1. The number of anilines is 1. The number of pyridine rings is 1. The standard InChI is InChI=1S/C15H14BrClN2O/c1-8-4-9(2)13(10(3)5-8)19-15(20)12-6-11(16)7-18-14(12)17/h4-7H,1-3H3,(H,19,20). The Hall–Kier alpha value is -1.39. The first-order valence-corrected chi connectivity index (χ1v) is 7.26. The summed E-state index contributed by atoms with van der Waals surface area (Å²) in [5, 5.41) is 3.09. The smallest absolute Gasteiger partial charge is 0.258 e. The molecule has 0 aliphatic carbocycles. The molecule has 0 aliphatic rings. The number of amides is 1. The van der Waals surface area contributed by atoms with Crippen molar-refractivity contribution in [2.24, 2.45) is 0 Å². The maximum absolute atomic E-state index is 12.3. The maximum atomic E-state index is 12.3. The number of benzene rings is 1. The molecule has 0 saturated heterocycles. The van der Waals surface area contributed by atoms with Gasteiger partial charge in [0.25, 0.3) is 5.91 Å². The third-order valence-electron chi connectivity index (χ3n) is 2.97. The second kappa shape index (κ2) is 5.94. The maximum Gasteiger partial charge on any atom is 0.258 e. The number of aromatic nitrogens is 1. The van der Waals surface area contributed by atoms with Crippen LogP contribution in [0.15, 0.2) is 28.9 Å². The molecule has 1 N–H and O–H groups in total. The van der Waals surface area contributed by atoms with Crippen LogP contribution in [0.3, 0.4) is 0 Å². The van der Waals surface area contributed by atoms with Gasteiger partial charge in [-0.1, -0.05) is 29.3 Å². The molecule has 2 rings (SSSR count). The number of hydrogen-bond donors (Lipinski definition) is 1. The van der Waals surface area contributed by atoms with Crippen LogP contribution in [0.2, 0.25) is 5.15 Å². The lowest BCUT2D eigenvalue weighted by Crippen LogP contribution is -2.15. The Balaban J connectivity index is 2.35.